The van der Waals surface area contributed by atoms with Gasteiger partial charge in [-0.2, -0.15) is 0 Å². The molecule has 0 aliphatic heterocycles. The number of nitro groups is 1. The summed E-state index contributed by atoms with van der Waals surface area (Å²) in [7, 11) is 1.66. The second kappa shape index (κ2) is 40.2. The summed E-state index contributed by atoms with van der Waals surface area (Å²) in [6.45, 7) is 10.7. The van der Waals surface area contributed by atoms with E-state index in [2.05, 4.69) is 58.9 Å². The van der Waals surface area contributed by atoms with Crippen molar-refractivity contribution in [2.45, 2.75) is 13.8 Å². The van der Waals surface area contributed by atoms with Gasteiger partial charge in [0, 0.05) is 21.6 Å². The SMILES string of the molecule is Brc1ccccc1.COc1ccccc1.Cc1ccccc1.Cc1ccccc1.Clc1ccccc1.Fc1ccccc1.O=[N+]([O-])c1ccccc1.[C-]#[N+]c1ccccc1.c1ccccc1. The topological polar surface area (TPSA) is 56.7 Å². The average Bonchev–Trinajstić information content (AvgIpc) is 3.38. The Hall–Kier alpha value is -7.63. The molecular formula is C58H55BrClFN2O3. The number of ether oxygens (including phenoxy) is 1. The predicted molar refractivity (Wildman–Crippen MR) is 280 cm³/mol. The Kier molecular flexibility index (Phi) is 34.3. The van der Waals surface area contributed by atoms with Crippen LogP contribution in [0.1, 0.15) is 11.1 Å². The summed E-state index contributed by atoms with van der Waals surface area (Å²) in [6, 6.07) is 86.7. The van der Waals surface area contributed by atoms with Crippen LogP contribution >= 0.6 is 27.5 Å². The van der Waals surface area contributed by atoms with Crippen molar-refractivity contribution in [3.05, 3.63) is 327 Å². The highest BCUT2D eigenvalue weighted by atomic mass is 79.9. The standard InChI is InChI=1S/C7H5N.C7H8O.2C7H8.C6H5Br.C6H5Cl.C6H5F.C6H5NO2.C6H6/c2*1-8-7-5-3-2-4-6-7;2*1-7-5-3-2-4-6-7;3*7-6-4-2-1-3-5-6;8-7(9)6-4-2-1-3-5-6;1-2-4-6-5-3-1/h2-6H;2-6H,1H3;2*2-6H,1H3;3*1-5H;1-5H;1-6H. The summed E-state index contributed by atoms with van der Waals surface area (Å²) >= 11 is 8.85. The van der Waals surface area contributed by atoms with Crippen molar-refractivity contribution in [1.82, 2.24) is 0 Å². The molecule has 0 spiro atoms. The fraction of sp³-hybridized carbons (Fsp3) is 0.0517. The van der Waals surface area contributed by atoms with Gasteiger partial charge in [-0.3, -0.25) is 10.1 Å². The zero-order valence-corrected chi connectivity index (χ0v) is 39.7. The number of rotatable bonds is 2. The van der Waals surface area contributed by atoms with Gasteiger partial charge < -0.3 is 4.74 Å². The molecule has 66 heavy (non-hydrogen) atoms. The van der Waals surface area contributed by atoms with Crippen LogP contribution in [0.15, 0.2) is 284 Å². The van der Waals surface area contributed by atoms with Crippen LogP contribution in [0.25, 0.3) is 4.85 Å². The second-order valence-corrected chi connectivity index (χ2v) is 14.3. The molecule has 9 aromatic rings. The minimum atomic E-state index is -0.417. The first kappa shape index (κ1) is 56.4. The van der Waals surface area contributed by atoms with Crippen molar-refractivity contribution in [3.63, 3.8) is 0 Å². The van der Waals surface area contributed by atoms with Crippen LogP contribution in [0.5, 0.6) is 5.75 Å². The average molecular weight is 962 g/mol. The first-order valence-electron chi connectivity index (χ1n) is 20.5. The largest absolute Gasteiger partial charge is 0.497 e. The Bertz CT molecular complexity index is 2210. The molecule has 0 aliphatic carbocycles. The summed E-state index contributed by atoms with van der Waals surface area (Å²) in [4.78, 5) is 12.8. The molecule has 0 unspecified atom stereocenters. The molecule has 0 amide bonds. The van der Waals surface area contributed by atoms with Gasteiger partial charge in [-0.15, -0.1) is 0 Å². The maximum absolute atomic E-state index is 11.9. The first-order chi connectivity index (χ1) is 32.1. The molecule has 5 nitrogen and oxygen atoms in total. The molecule has 9 aromatic carbocycles. The minimum Gasteiger partial charge on any atom is -0.497 e. The molecular weight excluding hydrogens is 907 g/mol. The molecule has 0 fully saturated rings. The van der Waals surface area contributed by atoms with E-state index >= 15 is 0 Å². The predicted octanol–water partition coefficient (Wildman–Crippen LogP) is 17.8. The lowest BCUT2D eigenvalue weighted by Crippen LogP contribution is -1.84. The molecule has 0 N–H and O–H groups in total. The molecule has 0 aromatic heterocycles. The van der Waals surface area contributed by atoms with Crippen molar-refractivity contribution in [1.29, 1.82) is 0 Å². The van der Waals surface area contributed by atoms with E-state index in [1.165, 1.54) is 35.4 Å². The molecule has 0 radical (unpaired) electrons. The van der Waals surface area contributed by atoms with E-state index in [-0.39, 0.29) is 11.5 Å². The Morgan fingerprint density at radius 3 is 0.955 bits per heavy atom. The number of methoxy groups -OCH3 is 1. The van der Waals surface area contributed by atoms with Gasteiger partial charge in [-0.05, 0) is 62.4 Å². The number of non-ortho nitro benzene ring substituents is 1. The number of hydrogen-bond acceptors (Lipinski definition) is 3. The van der Waals surface area contributed by atoms with Crippen LogP contribution in [0, 0.1) is 36.4 Å². The number of para-hydroxylation sites is 3. The molecule has 0 bridgehead atoms. The molecule has 9 rings (SSSR count). The Morgan fingerprint density at radius 1 is 0.485 bits per heavy atom. The van der Waals surface area contributed by atoms with Crippen LogP contribution in [-0.2, 0) is 0 Å². The maximum atomic E-state index is 11.9. The highest BCUT2D eigenvalue weighted by Gasteiger charge is 1.98. The maximum Gasteiger partial charge on any atom is 0.269 e. The van der Waals surface area contributed by atoms with Gasteiger partial charge in [0.2, 0.25) is 0 Å². The van der Waals surface area contributed by atoms with Crippen LogP contribution in [0.2, 0.25) is 5.02 Å². The zero-order valence-electron chi connectivity index (χ0n) is 37.3. The van der Waals surface area contributed by atoms with Gasteiger partial charge in [-0.25, -0.2) is 9.24 Å². The van der Waals surface area contributed by atoms with Crippen molar-refractivity contribution >= 4 is 38.9 Å². The molecule has 0 heterocycles. The smallest absolute Gasteiger partial charge is 0.269 e. The normalized spacial score (nSPS) is 8.56. The van der Waals surface area contributed by atoms with E-state index in [1.54, 1.807) is 55.6 Å². The van der Waals surface area contributed by atoms with Crippen molar-refractivity contribution in [2.24, 2.45) is 0 Å². The van der Waals surface area contributed by atoms with Crippen LogP contribution < -0.4 is 4.74 Å². The second-order valence-electron chi connectivity index (χ2n) is 12.9. The Morgan fingerprint density at radius 2 is 0.773 bits per heavy atom. The lowest BCUT2D eigenvalue weighted by atomic mass is 10.2. The van der Waals surface area contributed by atoms with E-state index < -0.39 is 4.92 Å². The van der Waals surface area contributed by atoms with Gasteiger partial charge in [0.15, 0.2) is 5.69 Å². The summed E-state index contributed by atoms with van der Waals surface area (Å²) in [5.41, 5.74) is 3.48. The number of nitro benzene ring substituents is 1. The van der Waals surface area contributed by atoms with E-state index in [9.17, 15) is 14.5 Å². The third-order valence-electron chi connectivity index (χ3n) is 7.58. The fourth-order valence-corrected chi connectivity index (χ4v) is 4.76. The lowest BCUT2D eigenvalue weighted by Gasteiger charge is -1.93. The summed E-state index contributed by atoms with van der Waals surface area (Å²) in [6.07, 6.45) is 0. The molecule has 0 saturated heterocycles. The Balaban J connectivity index is 0.000000372. The molecule has 0 saturated carbocycles. The Labute approximate surface area is 404 Å². The van der Waals surface area contributed by atoms with Crippen molar-refractivity contribution in [3.8, 4) is 5.75 Å². The zero-order chi connectivity index (χ0) is 48.1. The lowest BCUT2D eigenvalue weighted by molar-refractivity contribution is -0.384. The minimum absolute atomic E-state index is 0.137. The number of aryl methyl sites for hydroxylation is 2. The number of hydrogen-bond donors (Lipinski definition) is 0. The summed E-state index contributed by atoms with van der Waals surface area (Å²) < 4.78 is 18.0. The quantitative estimate of drug-likeness (QED) is 0.0985. The van der Waals surface area contributed by atoms with E-state index in [0.717, 1.165) is 15.2 Å². The van der Waals surface area contributed by atoms with Crippen molar-refractivity contribution < 1.29 is 14.1 Å². The molecule has 336 valence electrons. The van der Waals surface area contributed by atoms with Crippen molar-refractivity contribution in [2.75, 3.05) is 7.11 Å². The highest BCUT2D eigenvalue weighted by molar-refractivity contribution is 9.10. The van der Waals surface area contributed by atoms with Crippen LogP contribution in [0.4, 0.5) is 15.8 Å². The fourth-order valence-electron chi connectivity index (χ4n) is 4.31. The van der Waals surface area contributed by atoms with Gasteiger partial charge in [0.05, 0.1) is 18.6 Å². The third kappa shape index (κ3) is 34.9. The monoisotopic (exact) mass is 960 g/mol. The molecule has 8 heteroatoms. The highest BCUT2D eigenvalue weighted by Crippen LogP contribution is 2.09. The molecule has 0 aliphatic rings. The molecule has 0 atom stereocenters. The van der Waals surface area contributed by atoms with E-state index in [1.807, 2.05) is 182 Å². The first-order valence-corrected chi connectivity index (χ1v) is 21.7. The number of halogens is 3. The van der Waals surface area contributed by atoms with E-state index in [4.69, 9.17) is 22.9 Å². The summed E-state index contributed by atoms with van der Waals surface area (Å²) in [5.74, 6) is 0.731. The number of nitrogens with zero attached hydrogens (tertiary/aromatic N) is 2. The van der Waals surface area contributed by atoms with Gasteiger partial charge in [-0.1, -0.05) is 257 Å². The summed E-state index contributed by atoms with van der Waals surface area (Å²) in [5, 5.41) is 10.8. The van der Waals surface area contributed by atoms with Crippen LogP contribution in [-0.4, -0.2) is 12.0 Å². The number of benzene rings is 9. The van der Waals surface area contributed by atoms with Gasteiger partial charge in [0.25, 0.3) is 5.69 Å². The van der Waals surface area contributed by atoms with Gasteiger partial charge >= 0.3 is 0 Å². The third-order valence-corrected chi connectivity index (χ3v) is 8.36. The van der Waals surface area contributed by atoms with E-state index in [0.29, 0.717) is 5.69 Å². The van der Waals surface area contributed by atoms with Crippen LogP contribution in [0.3, 0.4) is 0 Å². The van der Waals surface area contributed by atoms with Gasteiger partial charge in [0.1, 0.15) is 11.6 Å².